The zero-order valence-corrected chi connectivity index (χ0v) is 51.0. The molecule has 458 valence electrons. The van der Waals surface area contributed by atoms with Gasteiger partial charge in [0.05, 0.1) is 32.8 Å². The van der Waals surface area contributed by atoms with Crippen LogP contribution < -0.4 is 36.7 Å². The van der Waals surface area contributed by atoms with E-state index in [0.717, 1.165) is 78.0 Å². The van der Waals surface area contributed by atoms with Crippen LogP contribution in [-0.4, -0.2) is 92.7 Å². The number of esters is 1. The summed E-state index contributed by atoms with van der Waals surface area (Å²) in [5.41, 5.74) is 1.43. The van der Waals surface area contributed by atoms with Gasteiger partial charge < -0.3 is 44.4 Å². The van der Waals surface area contributed by atoms with Gasteiger partial charge in [0.15, 0.2) is 0 Å². The molecular weight excluding hydrogens is 1080 g/mol. The lowest BCUT2D eigenvalue weighted by atomic mass is 9.47. The Morgan fingerprint density at radius 1 is 0.812 bits per heavy atom. The quantitative estimate of drug-likeness (QED) is 0.0170. The van der Waals surface area contributed by atoms with Crippen LogP contribution in [0.5, 0.6) is 11.5 Å². The van der Waals surface area contributed by atoms with Gasteiger partial charge in [-0.25, -0.2) is 9.59 Å². The number of methoxy groups -OCH3 is 2. The van der Waals surface area contributed by atoms with E-state index < -0.39 is 53.3 Å². The molecule has 4 aliphatic carbocycles. The Hall–Kier alpha value is -6.98. The molecule has 0 spiro atoms. The summed E-state index contributed by atoms with van der Waals surface area (Å²) in [6, 6.07) is 24.6. The second-order valence-electron chi connectivity index (χ2n) is 25.2. The molecule has 3 aromatic carbocycles. The number of aromatic nitrogens is 2. The summed E-state index contributed by atoms with van der Waals surface area (Å²) in [5.74, 6) is 4.27. The van der Waals surface area contributed by atoms with Crippen LogP contribution in [0.1, 0.15) is 153 Å². The van der Waals surface area contributed by atoms with E-state index in [-0.39, 0.29) is 61.9 Å². The average Bonchev–Trinajstić information content (AvgIpc) is 2.03. The first-order valence-corrected chi connectivity index (χ1v) is 30.9. The van der Waals surface area contributed by atoms with Crippen molar-refractivity contribution < 1.29 is 47.6 Å². The van der Waals surface area contributed by atoms with Gasteiger partial charge in [0.25, 0.3) is 5.56 Å². The van der Waals surface area contributed by atoms with Gasteiger partial charge in [0.1, 0.15) is 41.6 Å². The number of nitrogens with zero attached hydrogens (tertiary/aromatic N) is 1. The zero-order chi connectivity index (χ0) is 60.5. The number of carbonyl (C=O) groups is 4. The van der Waals surface area contributed by atoms with Crippen molar-refractivity contribution in [2.24, 2.45) is 46.3 Å². The summed E-state index contributed by atoms with van der Waals surface area (Å²) in [5, 5.41) is 8.03. The summed E-state index contributed by atoms with van der Waals surface area (Å²) in [6.45, 7) is 12.4. The normalized spacial score (nSPS) is 26.5. The molecule has 4 N–H and O–H groups in total. The maximum atomic E-state index is 13.6. The van der Waals surface area contributed by atoms with Crippen LogP contribution in [0.4, 0.5) is 4.79 Å². The number of hydrogen-bond acceptors (Lipinski definition) is 12. The first-order valence-electron chi connectivity index (χ1n) is 30.9. The third-order valence-corrected chi connectivity index (χ3v) is 19.9. The van der Waals surface area contributed by atoms with Crippen molar-refractivity contribution in [2.45, 2.75) is 155 Å². The molecule has 3 unspecified atom stereocenters. The Morgan fingerprint density at radius 3 is 2.16 bits per heavy atom. The van der Waals surface area contributed by atoms with Gasteiger partial charge in [-0.1, -0.05) is 120 Å². The monoisotopic (exact) mass is 1170 g/mol. The highest BCUT2D eigenvalue weighted by atomic mass is 16.6. The highest BCUT2D eigenvalue weighted by Crippen LogP contribution is 2.67. The molecule has 1 aliphatic heterocycles. The highest BCUT2D eigenvalue weighted by Gasteiger charge is 2.59. The van der Waals surface area contributed by atoms with Gasteiger partial charge in [0.2, 0.25) is 11.8 Å². The van der Waals surface area contributed by atoms with Gasteiger partial charge in [-0.05, 0) is 138 Å². The number of fused-ring (bicyclic) bond motifs is 5. The number of alkyl carbamates (subject to hydrolysis) is 1. The standard InChI is InChI=1S/C68H89N5O12/c1-43(2)13-12-14-44(3)54-28-29-55-53-27-22-49-39-52(33-35-66(49,4)56(53)34-36-67(54,55)5)83-65(79)71-38-37-70-60(75)30-17-45-41-73(64(78)72-63(45)77)61-40-57(85-62(76)32-31-59(74)69-6)58(84-61)42-82-68(46-15-10-9-11-16-46,47-18-23-50(80-7)24-19-47)48-20-25-51(81-8)26-21-48/h9-11,15-26,30,41,43-44,52-58,61H,12-14,27-29,31-40,42H2,1-8H3,(H,69,74)(H,70,75)(H,71,79)(H,72,77,78)/t44-,52+,53?,54-,55?,56?,57-,58-,61-,66+,67-/m1/s1. The molecular formula is C68H89N5O12. The van der Waals surface area contributed by atoms with Crippen LogP contribution in [0.15, 0.2) is 112 Å². The minimum Gasteiger partial charge on any atom is -0.497 e. The molecule has 9 rings (SSSR count). The number of nitrogens with one attached hydrogen (secondary N) is 4. The van der Waals surface area contributed by atoms with Gasteiger partial charge >= 0.3 is 17.8 Å². The van der Waals surface area contributed by atoms with Crippen molar-refractivity contribution in [3.63, 3.8) is 0 Å². The summed E-state index contributed by atoms with van der Waals surface area (Å²) in [6.07, 6.45) is 15.1. The number of rotatable bonds is 24. The molecule has 3 amide bonds. The fraction of sp³-hybridized carbons (Fsp3) is 0.559. The van der Waals surface area contributed by atoms with E-state index in [2.05, 4.69) is 61.6 Å². The van der Waals surface area contributed by atoms with Crippen LogP contribution in [-0.2, 0) is 38.9 Å². The molecule has 85 heavy (non-hydrogen) atoms. The Balaban J connectivity index is 0.814. The second-order valence-corrected chi connectivity index (χ2v) is 25.2. The number of aromatic amines is 1. The molecule has 17 heteroatoms. The van der Waals surface area contributed by atoms with Crippen molar-refractivity contribution in [3.05, 3.63) is 146 Å². The molecule has 11 atom stereocenters. The predicted octanol–water partition coefficient (Wildman–Crippen LogP) is 10.6. The van der Waals surface area contributed by atoms with Gasteiger partial charge in [-0.15, -0.1) is 0 Å². The van der Waals surface area contributed by atoms with E-state index in [0.29, 0.717) is 22.8 Å². The molecule has 1 aromatic heterocycles. The average molecular weight is 1170 g/mol. The summed E-state index contributed by atoms with van der Waals surface area (Å²) in [4.78, 5) is 80.9. The molecule has 4 aromatic rings. The maximum absolute atomic E-state index is 13.6. The molecule has 1 saturated heterocycles. The topological polar surface area (TPSA) is 215 Å². The van der Waals surface area contributed by atoms with Crippen molar-refractivity contribution in [1.29, 1.82) is 0 Å². The summed E-state index contributed by atoms with van der Waals surface area (Å²) < 4.78 is 37.9. The number of benzene rings is 3. The lowest BCUT2D eigenvalue weighted by molar-refractivity contribution is -0.156. The third-order valence-electron chi connectivity index (χ3n) is 19.9. The van der Waals surface area contributed by atoms with E-state index >= 15 is 0 Å². The van der Waals surface area contributed by atoms with Crippen LogP contribution in [0.3, 0.4) is 0 Å². The predicted molar refractivity (Wildman–Crippen MR) is 325 cm³/mol. The number of hydrogen-bond donors (Lipinski definition) is 4. The number of carbonyl (C=O) groups excluding carboxylic acids is 4. The zero-order valence-electron chi connectivity index (χ0n) is 51.0. The number of amides is 3. The van der Waals surface area contributed by atoms with Crippen LogP contribution >= 0.6 is 0 Å². The van der Waals surface area contributed by atoms with Gasteiger partial charge in [-0.2, -0.15) is 0 Å². The van der Waals surface area contributed by atoms with E-state index in [1.54, 1.807) is 14.2 Å². The number of H-pyrrole nitrogens is 1. The molecule has 0 radical (unpaired) electrons. The molecule has 3 saturated carbocycles. The number of allylic oxidation sites excluding steroid dienone is 1. The fourth-order valence-corrected chi connectivity index (χ4v) is 15.3. The molecule has 17 nitrogen and oxygen atoms in total. The highest BCUT2D eigenvalue weighted by molar-refractivity contribution is 5.91. The molecule has 0 bridgehead atoms. The smallest absolute Gasteiger partial charge is 0.407 e. The van der Waals surface area contributed by atoms with Crippen molar-refractivity contribution in [1.82, 2.24) is 25.5 Å². The Kier molecular flexibility index (Phi) is 20.3. The van der Waals surface area contributed by atoms with E-state index in [1.165, 1.54) is 74.4 Å². The molecule has 4 fully saturated rings. The van der Waals surface area contributed by atoms with Crippen LogP contribution in [0, 0.1) is 46.3 Å². The molecule has 2 heterocycles. The largest absolute Gasteiger partial charge is 0.497 e. The van der Waals surface area contributed by atoms with Gasteiger partial charge in [-0.3, -0.25) is 28.7 Å². The SMILES string of the molecule is CNC(=O)CCC(=O)O[C@@H]1C[C@H](n2cc(C=CC(=O)NCCNC(=O)O[C@H]3CC[C@@]4(C)C(=CCC5C4CC[C@@]4(C)C5CC[C@@H]4[C@H](C)CCCC(C)C)C3)c(=O)[nH]c2=O)O[C@@H]1COC(c1ccccc1)(c1ccc(OC)cc1)c1ccc(OC)cc1. The van der Waals surface area contributed by atoms with Gasteiger partial charge in [0, 0.05) is 51.7 Å². The Labute approximate surface area is 500 Å². The van der Waals surface area contributed by atoms with E-state index in [4.69, 9.17) is 28.4 Å². The summed E-state index contributed by atoms with van der Waals surface area (Å²) in [7, 11) is 4.65. The maximum Gasteiger partial charge on any atom is 0.407 e. The van der Waals surface area contributed by atoms with Crippen molar-refractivity contribution >= 4 is 30.0 Å². The third kappa shape index (κ3) is 14.0. The Morgan fingerprint density at radius 2 is 1.49 bits per heavy atom. The van der Waals surface area contributed by atoms with Crippen LogP contribution in [0.25, 0.3) is 6.08 Å². The second kappa shape index (κ2) is 27.6. The number of ether oxygens (including phenoxy) is 6. The van der Waals surface area contributed by atoms with E-state index in [9.17, 15) is 28.8 Å². The van der Waals surface area contributed by atoms with Crippen LogP contribution in [0.2, 0.25) is 0 Å². The first-order chi connectivity index (χ1) is 40.9. The first kappa shape index (κ1) is 62.5. The summed E-state index contributed by atoms with van der Waals surface area (Å²) >= 11 is 0. The van der Waals surface area contributed by atoms with Crippen molar-refractivity contribution in [3.8, 4) is 11.5 Å². The Bertz CT molecular complexity index is 3090. The minimum atomic E-state index is -1.28. The minimum absolute atomic E-state index is 0.0279. The molecule has 5 aliphatic rings. The van der Waals surface area contributed by atoms with E-state index in [1.807, 2.05) is 78.9 Å². The van der Waals surface area contributed by atoms with Crippen molar-refractivity contribution in [2.75, 3.05) is 41.0 Å². The fourth-order valence-electron chi connectivity index (χ4n) is 15.3. The lowest BCUT2D eigenvalue weighted by Gasteiger charge is -2.58. The lowest BCUT2D eigenvalue weighted by Crippen LogP contribution is -2.51.